The first-order valence-electron chi connectivity index (χ1n) is 5.58. The molecule has 0 radical (unpaired) electrons. The smallest absolute Gasteiger partial charge is 0.257 e. The van der Waals surface area contributed by atoms with Gasteiger partial charge < -0.3 is 14.4 Å². The number of benzene rings is 1. The molecule has 2 rings (SSSR count). The Hall–Kier alpha value is -1.71. The van der Waals surface area contributed by atoms with Gasteiger partial charge in [0.2, 0.25) is 0 Å². The minimum Gasteiger partial charge on any atom is -0.493 e. The molecule has 0 unspecified atom stereocenters. The Morgan fingerprint density at radius 3 is 2.24 bits per heavy atom. The summed E-state index contributed by atoms with van der Waals surface area (Å²) < 4.78 is 10.7. The molecule has 0 fully saturated rings. The molecule has 0 N–H and O–H groups in total. The molecule has 1 amide bonds. The highest BCUT2D eigenvalue weighted by Gasteiger charge is 2.27. The fourth-order valence-corrected chi connectivity index (χ4v) is 2.13. The van der Waals surface area contributed by atoms with Gasteiger partial charge in [-0.05, 0) is 24.5 Å². The maximum Gasteiger partial charge on any atom is 0.257 e. The highest BCUT2D eigenvalue weighted by atomic mass is 16.5. The molecule has 4 nitrogen and oxygen atoms in total. The fourth-order valence-electron chi connectivity index (χ4n) is 2.13. The van der Waals surface area contributed by atoms with Crippen molar-refractivity contribution in [2.75, 3.05) is 28.3 Å². The van der Waals surface area contributed by atoms with Gasteiger partial charge in [-0.25, -0.2) is 0 Å². The van der Waals surface area contributed by atoms with Crippen LogP contribution in [0.15, 0.2) is 6.07 Å². The second-order valence-corrected chi connectivity index (χ2v) is 4.33. The van der Waals surface area contributed by atoms with Gasteiger partial charge in [0.05, 0.1) is 19.8 Å². The lowest BCUT2D eigenvalue weighted by Gasteiger charge is -2.26. The third-order valence-corrected chi connectivity index (χ3v) is 3.12. The predicted molar refractivity (Wildman–Crippen MR) is 65.0 cm³/mol. The van der Waals surface area contributed by atoms with Gasteiger partial charge in [-0.1, -0.05) is 0 Å². The fraction of sp³-hybridized carbons (Fsp3) is 0.462. The maximum absolute atomic E-state index is 12.1. The van der Waals surface area contributed by atoms with E-state index in [1.807, 2.05) is 6.07 Å². The van der Waals surface area contributed by atoms with Crippen molar-refractivity contribution in [3.8, 4) is 11.5 Å². The lowest BCUT2D eigenvalue weighted by atomic mass is 9.85. The molecular formula is C13H17NO3. The summed E-state index contributed by atoms with van der Waals surface area (Å²) >= 11 is 0. The summed E-state index contributed by atoms with van der Waals surface area (Å²) in [5.41, 5.74) is 2.93. The normalized spacial score (nSPS) is 12.5. The van der Waals surface area contributed by atoms with E-state index in [9.17, 15) is 4.79 Å². The summed E-state index contributed by atoms with van der Waals surface area (Å²) in [6, 6.07) is 1.92. The molecule has 1 aromatic carbocycles. The summed E-state index contributed by atoms with van der Waals surface area (Å²) in [5, 5.41) is 0. The molecule has 0 saturated carbocycles. The molecule has 0 atom stereocenters. The van der Waals surface area contributed by atoms with Crippen LogP contribution in [0.2, 0.25) is 0 Å². The van der Waals surface area contributed by atoms with Crippen molar-refractivity contribution in [3.63, 3.8) is 0 Å². The number of hydrogen-bond acceptors (Lipinski definition) is 3. The van der Waals surface area contributed by atoms with Crippen LogP contribution < -0.4 is 9.47 Å². The number of aryl methyl sites for hydroxylation is 1. The maximum atomic E-state index is 12.1. The van der Waals surface area contributed by atoms with Crippen LogP contribution in [0.25, 0.3) is 0 Å². The Kier molecular flexibility index (Phi) is 2.96. The number of hydrogen-bond donors (Lipinski definition) is 0. The Labute approximate surface area is 101 Å². The molecule has 1 aliphatic carbocycles. The zero-order chi connectivity index (χ0) is 12.6. The molecule has 1 aliphatic rings. The highest BCUT2D eigenvalue weighted by molar-refractivity contribution is 5.98. The molecule has 0 saturated heterocycles. The van der Waals surface area contributed by atoms with E-state index in [4.69, 9.17) is 9.47 Å². The average Bonchev–Trinajstić information content (AvgIpc) is 2.28. The summed E-state index contributed by atoms with van der Waals surface area (Å²) in [4.78, 5) is 13.6. The van der Waals surface area contributed by atoms with Crippen LogP contribution in [-0.2, 0) is 12.8 Å². The minimum absolute atomic E-state index is 0.0603. The quantitative estimate of drug-likeness (QED) is 0.797. The molecule has 0 spiro atoms. The molecule has 0 bridgehead atoms. The lowest BCUT2D eigenvalue weighted by molar-refractivity contribution is 0.0823. The molecule has 0 aliphatic heterocycles. The third-order valence-electron chi connectivity index (χ3n) is 3.12. The van der Waals surface area contributed by atoms with E-state index < -0.39 is 0 Å². The first-order valence-corrected chi connectivity index (χ1v) is 5.58. The zero-order valence-electron chi connectivity index (χ0n) is 10.7. The Morgan fingerprint density at radius 2 is 1.82 bits per heavy atom. The van der Waals surface area contributed by atoms with Crippen LogP contribution >= 0.6 is 0 Å². The first-order chi connectivity index (χ1) is 8.10. The molecule has 4 heteroatoms. The molecule has 17 heavy (non-hydrogen) atoms. The van der Waals surface area contributed by atoms with Gasteiger partial charge in [-0.2, -0.15) is 0 Å². The van der Waals surface area contributed by atoms with Crippen LogP contribution in [0.1, 0.15) is 21.5 Å². The van der Waals surface area contributed by atoms with Crippen LogP contribution in [0.3, 0.4) is 0 Å². The van der Waals surface area contributed by atoms with Gasteiger partial charge in [0.1, 0.15) is 0 Å². The number of carbonyl (C=O) groups is 1. The zero-order valence-corrected chi connectivity index (χ0v) is 10.7. The monoisotopic (exact) mass is 235 g/mol. The molecule has 1 aromatic rings. The second kappa shape index (κ2) is 4.28. The van der Waals surface area contributed by atoms with Crippen molar-refractivity contribution >= 4 is 5.91 Å². The molecular weight excluding hydrogens is 218 g/mol. The van der Waals surface area contributed by atoms with Gasteiger partial charge >= 0.3 is 0 Å². The number of carbonyl (C=O) groups excluding carboxylic acids is 1. The van der Waals surface area contributed by atoms with Crippen LogP contribution in [0.5, 0.6) is 11.5 Å². The van der Waals surface area contributed by atoms with Crippen molar-refractivity contribution in [1.82, 2.24) is 4.90 Å². The minimum atomic E-state index is -0.0603. The van der Waals surface area contributed by atoms with Crippen LogP contribution in [0, 0.1) is 0 Å². The third kappa shape index (κ3) is 1.73. The number of fused-ring (bicyclic) bond motifs is 1. The number of rotatable bonds is 3. The Morgan fingerprint density at radius 1 is 1.18 bits per heavy atom. The summed E-state index contributed by atoms with van der Waals surface area (Å²) in [6.45, 7) is 0. The van der Waals surface area contributed by atoms with E-state index in [1.165, 1.54) is 11.1 Å². The van der Waals surface area contributed by atoms with E-state index in [0.717, 1.165) is 12.8 Å². The first kappa shape index (κ1) is 11.8. The number of amides is 1. The standard InChI is InChI=1S/C13H17NO3/c1-14(2)13(15)10-7-8-5-6-9(8)11(16-3)12(10)17-4/h7H,5-6H2,1-4H3. The Balaban J connectivity index is 2.59. The van der Waals surface area contributed by atoms with E-state index in [-0.39, 0.29) is 5.91 Å². The van der Waals surface area contributed by atoms with Gasteiger partial charge in [-0.15, -0.1) is 0 Å². The van der Waals surface area contributed by atoms with Crippen molar-refractivity contribution < 1.29 is 14.3 Å². The van der Waals surface area contributed by atoms with E-state index in [0.29, 0.717) is 17.1 Å². The van der Waals surface area contributed by atoms with E-state index >= 15 is 0 Å². The highest BCUT2D eigenvalue weighted by Crippen LogP contribution is 2.42. The largest absolute Gasteiger partial charge is 0.493 e. The summed E-state index contributed by atoms with van der Waals surface area (Å²) in [6.07, 6.45) is 1.99. The van der Waals surface area contributed by atoms with Crippen molar-refractivity contribution in [2.24, 2.45) is 0 Å². The summed E-state index contributed by atoms with van der Waals surface area (Å²) in [7, 11) is 6.64. The van der Waals surface area contributed by atoms with Crippen molar-refractivity contribution in [2.45, 2.75) is 12.8 Å². The van der Waals surface area contributed by atoms with Crippen molar-refractivity contribution in [3.05, 3.63) is 22.8 Å². The van der Waals surface area contributed by atoms with E-state index in [2.05, 4.69) is 0 Å². The van der Waals surface area contributed by atoms with E-state index in [1.54, 1.807) is 33.2 Å². The van der Waals surface area contributed by atoms with Gasteiger partial charge in [-0.3, -0.25) is 4.79 Å². The molecule has 92 valence electrons. The SMILES string of the molecule is COc1c(C(=O)N(C)C)cc2c(c1OC)CC2. The second-order valence-electron chi connectivity index (χ2n) is 4.33. The van der Waals surface area contributed by atoms with Gasteiger partial charge in [0, 0.05) is 19.7 Å². The number of methoxy groups -OCH3 is 2. The van der Waals surface area contributed by atoms with Crippen molar-refractivity contribution in [1.29, 1.82) is 0 Å². The molecule has 0 heterocycles. The number of nitrogens with zero attached hydrogens (tertiary/aromatic N) is 1. The Bertz CT molecular complexity index is 466. The van der Waals surface area contributed by atoms with Gasteiger partial charge in [0.25, 0.3) is 5.91 Å². The number of ether oxygens (including phenoxy) is 2. The van der Waals surface area contributed by atoms with Crippen LogP contribution in [0.4, 0.5) is 0 Å². The predicted octanol–water partition coefficient (Wildman–Crippen LogP) is 1.50. The van der Waals surface area contributed by atoms with Gasteiger partial charge in [0.15, 0.2) is 11.5 Å². The topological polar surface area (TPSA) is 38.8 Å². The molecule has 0 aromatic heterocycles. The van der Waals surface area contributed by atoms with Crippen LogP contribution in [-0.4, -0.2) is 39.1 Å². The lowest BCUT2D eigenvalue weighted by Crippen LogP contribution is -2.24. The summed E-state index contributed by atoms with van der Waals surface area (Å²) in [5.74, 6) is 1.20. The average molecular weight is 235 g/mol.